The number of hydrogen-bond acceptors (Lipinski definition) is 5. The molecule has 7 heteroatoms. The topological polar surface area (TPSA) is 69.0 Å². The molecule has 1 aliphatic rings. The molecule has 1 N–H and O–H groups in total. The molecule has 6 nitrogen and oxygen atoms in total. The average molecular weight is 409 g/mol. The van der Waals surface area contributed by atoms with Gasteiger partial charge in [0.25, 0.3) is 0 Å². The third kappa shape index (κ3) is 5.38. The van der Waals surface area contributed by atoms with Crippen molar-refractivity contribution in [3.05, 3.63) is 66.0 Å². The first-order valence-corrected chi connectivity index (χ1v) is 10.8. The van der Waals surface area contributed by atoms with Crippen LogP contribution >= 0.6 is 11.8 Å². The van der Waals surface area contributed by atoms with Gasteiger partial charge in [-0.25, -0.2) is 9.67 Å². The second-order valence-electron chi connectivity index (χ2n) is 7.08. The summed E-state index contributed by atoms with van der Waals surface area (Å²) in [4.78, 5) is 16.8. The largest absolute Gasteiger partial charge is 0.492 e. The summed E-state index contributed by atoms with van der Waals surface area (Å²) in [5.74, 6) is 2.52. The number of amides is 1. The number of benzene rings is 2. The molecule has 29 heavy (non-hydrogen) atoms. The first kappa shape index (κ1) is 19.5. The number of nitrogens with one attached hydrogen (secondary N) is 1. The van der Waals surface area contributed by atoms with Crippen LogP contribution in [0.3, 0.4) is 0 Å². The predicted octanol–water partition coefficient (Wildman–Crippen LogP) is 3.74. The molecule has 0 unspecified atom stereocenters. The maximum absolute atomic E-state index is 12.1. The van der Waals surface area contributed by atoms with Gasteiger partial charge in [-0.2, -0.15) is 0 Å². The molecule has 1 saturated carbocycles. The number of rotatable bonds is 9. The van der Waals surface area contributed by atoms with Gasteiger partial charge in [0.15, 0.2) is 0 Å². The predicted molar refractivity (Wildman–Crippen MR) is 114 cm³/mol. The zero-order valence-corrected chi connectivity index (χ0v) is 17.2. The molecule has 150 valence electrons. The lowest BCUT2D eigenvalue weighted by Crippen LogP contribution is -2.29. The van der Waals surface area contributed by atoms with Crippen molar-refractivity contribution in [1.82, 2.24) is 20.1 Å². The van der Waals surface area contributed by atoms with Crippen molar-refractivity contribution in [2.45, 2.75) is 30.8 Å². The van der Waals surface area contributed by atoms with Crippen LogP contribution in [-0.4, -0.2) is 39.6 Å². The third-order valence-corrected chi connectivity index (χ3v) is 5.41. The Kier molecular flexibility index (Phi) is 6.14. The number of thioether (sulfide) groups is 1. The normalized spacial score (nSPS) is 13.3. The van der Waals surface area contributed by atoms with Gasteiger partial charge < -0.3 is 10.1 Å². The van der Waals surface area contributed by atoms with Crippen molar-refractivity contribution >= 4 is 17.7 Å². The van der Waals surface area contributed by atoms with Crippen LogP contribution in [-0.2, 0) is 4.79 Å². The van der Waals surface area contributed by atoms with E-state index in [2.05, 4.69) is 15.4 Å². The van der Waals surface area contributed by atoms with Gasteiger partial charge >= 0.3 is 0 Å². The third-order valence-electron chi connectivity index (χ3n) is 4.57. The molecular weight excluding hydrogens is 384 g/mol. The zero-order valence-electron chi connectivity index (χ0n) is 16.4. The second-order valence-corrected chi connectivity index (χ2v) is 8.02. The van der Waals surface area contributed by atoms with Gasteiger partial charge in [0.1, 0.15) is 18.2 Å². The summed E-state index contributed by atoms with van der Waals surface area (Å²) in [5, 5.41) is 8.14. The van der Waals surface area contributed by atoms with E-state index in [9.17, 15) is 4.79 Å². The molecular formula is C22H24N4O2S. The van der Waals surface area contributed by atoms with E-state index < -0.39 is 0 Å². The van der Waals surface area contributed by atoms with Gasteiger partial charge in [-0.15, -0.1) is 5.10 Å². The monoisotopic (exact) mass is 408 g/mol. The highest BCUT2D eigenvalue weighted by molar-refractivity contribution is 7.99. The Labute approximate surface area is 174 Å². The summed E-state index contributed by atoms with van der Waals surface area (Å²) in [6, 6.07) is 17.9. The van der Waals surface area contributed by atoms with Crippen LogP contribution in [0.25, 0.3) is 5.69 Å². The summed E-state index contributed by atoms with van der Waals surface area (Å²) < 4.78 is 7.56. The number of carbonyl (C=O) groups excluding carboxylic acids is 1. The number of aromatic nitrogens is 3. The summed E-state index contributed by atoms with van der Waals surface area (Å²) in [6.07, 6.45) is 2.30. The highest BCUT2D eigenvalue weighted by Gasteiger charge is 2.30. The molecule has 0 radical (unpaired) electrons. The zero-order chi connectivity index (χ0) is 20.1. The minimum Gasteiger partial charge on any atom is -0.492 e. The Morgan fingerprint density at radius 2 is 2.03 bits per heavy atom. The van der Waals surface area contributed by atoms with E-state index in [1.165, 1.54) is 11.8 Å². The van der Waals surface area contributed by atoms with Crippen LogP contribution in [0.15, 0.2) is 59.8 Å². The lowest BCUT2D eigenvalue weighted by molar-refractivity contribution is -0.118. The van der Waals surface area contributed by atoms with E-state index in [0.717, 1.165) is 35.7 Å². The van der Waals surface area contributed by atoms with Crippen LogP contribution in [0.1, 0.15) is 30.1 Å². The van der Waals surface area contributed by atoms with E-state index in [-0.39, 0.29) is 11.7 Å². The standard InChI is InChI=1S/C22H24N4O2S/c1-16-6-5-9-19(14-16)28-13-12-23-20(27)15-29-22-24-21(17-10-11-17)26(25-22)18-7-3-2-4-8-18/h2-9,14,17H,10-13,15H2,1H3,(H,23,27). The number of ether oxygens (including phenoxy) is 1. The lowest BCUT2D eigenvalue weighted by Gasteiger charge is -2.07. The van der Waals surface area contributed by atoms with Gasteiger partial charge in [0.05, 0.1) is 18.0 Å². The molecule has 0 aliphatic heterocycles. The minimum atomic E-state index is -0.0492. The minimum absolute atomic E-state index is 0.0492. The molecule has 2 aromatic carbocycles. The molecule has 0 saturated heterocycles. The Balaban J connectivity index is 1.26. The number of para-hydroxylation sites is 1. The fraction of sp³-hybridized carbons (Fsp3) is 0.318. The highest BCUT2D eigenvalue weighted by atomic mass is 32.2. The molecule has 1 aliphatic carbocycles. The van der Waals surface area contributed by atoms with Gasteiger partial charge in [-0.05, 0) is 49.6 Å². The molecule has 1 fully saturated rings. The van der Waals surface area contributed by atoms with Gasteiger partial charge in [0.2, 0.25) is 11.1 Å². The van der Waals surface area contributed by atoms with Crippen molar-refractivity contribution < 1.29 is 9.53 Å². The van der Waals surface area contributed by atoms with Crippen molar-refractivity contribution in [3.63, 3.8) is 0 Å². The Morgan fingerprint density at radius 3 is 2.79 bits per heavy atom. The number of aryl methyl sites for hydroxylation is 1. The molecule has 0 bridgehead atoms. The first-order valence-electron chi connectivity index (χ1n) is 9.80. The SMILES string of the molecule is Cc1cccc(OCCNC(=O)CSc2nc(C3CC3)n(-c3ccccc3)n2)c1. The fourth-order valence-corrected chi connectivity index (χ4v) is 3.64. The summed E-state index contributed by atoms with van der Waals surface area (Å²) >= 11 is 1.36. The van der Waals surface area contributed by atoms with E-state index in [0.29, 0.717) is 24.2 Å². The van der Waals surface area contributed by atoms with E-state index in [4.69, 9.17) is 4.74 Å². The number of hydrogen-bond donors (Lipinski definition) is 1. The Bertz CT molecular complexity index is 970. The molecule has 0 atom stereocenters. The van der Waals surface area contributed by atoms with Crippen molar-refractivity contribution in [2.24, 2.45) is 0 Å². The van der Waals surface area contributed by atoms with Crippen LogP contribution in [0.4, 0.5) is 0 Å². The van der Waals surface area contributed by atoms with Crippen molar-refractivity contribution in [2.75, 3.05) is 18.9 Å². The molecule has 3 aromatic rings. The van der Waals surface area contributed by atoms with E-state index in [1.807, 2.05) is 66.2 Å². The maximum atomic E-state index is 12.1. The quantitative estimate of drug-likeness (QED) is 0.431. The molecule has 4 rings (SSSR count). The fourth-order valence-electron chi connectivity index (χ4n) is 2.98. The highest BCUT2D eigenvalue weighted by Crippen LogP contribution is 2.40. The smallest absolute Gasteiger partial charge is 0.230 e. The first-order chi connectivity index (χ1) is 14.2. The van der Waals surface area contributed by atoms with E-state index in [1.54, 1.807) is 0 Å². The van der Waals surface area contributed by atoms with Crippen LogP contribution in [0.2, 0.25) is 0 Å². The second kappa shape index (κ2) is 9.13. The molecule has 1 amide bonds. The number of carbonyl (C=O) groups is 1. The van der Waals surface area contributed by atoms with Gasteiger partial charge in [-0.3, -0.25) is 4.79 Å². The average Bonchev–Trinajstić information content (AvgIpc) is 3.49. The lowest BCUT2D eigenvalue weighted by atomic mass is 10.2. The Hall–Kier alpha value is -2.80. The summed E-state index contributed by atoms with van der Waals surface area (Å²) in [5.41, 5.74) is 2.16. The van der Waals surface area contributed by atoms with Gasteiger partial charge in [-0.1, -0.05) is 42.1 Å². The number of nitrogens with zero attached hydrogens (tertiary/aromatic N) is 3. The molecule has 1 aromatic heterocycles. The van der Waals surface area contributed by atoms with Crippen molar-refractivity contribution in [1.29, 1.82) is 0 Å². The Morgan fingerprint density at radius 1 is 1.21 bits per heavy atom. The summed E-state index contributed by atoms with van der Waals surface area (Å²) in [6.45, 7) is 2.92. The van der Waals surface area contributed by atoms with Crippen molar-refractivity contribution in [3.8, 4) is 11.4 Å². The summed E-state index contributed by atoms with van der Waals surface area (Å²) in [7, 11) is 0. The molecule has 1 heterocycles. The van der Waals surface area contributed by atoms with Crippen LogP contribution in [0, 0.1) is 6.92 Å². The van der Waals surface area contributed by atoms with Crippen LogP contribution < -0.4 is 10.1 Å². The van der Waals surface area contributed by atoms with Gasteiger partial charge in [0, 0.05) is 5.92 Å². The van der Waals surface area contributed by atoms with Crippen LogP contribution in [0.5, 0.6) is 5.75 Å². The molecule has 0 spiro atoms. The maximum Gasteiger partial charge on any atom is 0.230 e. The van der Waals surface area contributed by atoms with E-state index >= 15 is 0 Å².